The quantitative estimate of drug-likeness (QED) is 0.783. The first kappa shape index (κ1) is 12.1. The summed E-state index contributed by atoms with van der Waals surface area (Å²) in [5, 5.41) is 1.54. The summed E-state index contributed by atoms with van der Waals surface area (Å²) in [6.45, 7) is 3.98. The molecule has 1 amide bonds. The van der Waals surface area contributed by atoms with Gasteiger partial charge in [-0.3, -0.25) is 4.79 Å². The van der Waals surface area contributed by atoms with E-state index in [1.807, 2.05) is 0 Å². The fraction of sp³-hybridized carbons (Fsp3) is 0.500. The molecule has 0 spiro atoms. The van der Waals surface area contributed by atoms with Crippen LogP contribution in [-0.4, -0.2) is 23.9 Å². The molecule has 1 heterocycles. The van der Waals surface area contributed by atoms with Gasteiger partial charge in [-0.25, -0.2) is 0 Å². The Bertz CT molecular complexity index is 320. The second-order valence-corrected chi connectivity index (χ2v) is 3.98. The third kappa shape index (κ3) is 2.34. The van der Waals surface area contributed by atoms with Crippen LogP contribution in [0.4, 0.5) is 8.78 Å². The number of halogens is 2. The number of nitrogens with zero attached hydrogens (tertiary/aromatic N) is 1. The van der Waals surface area contributed by atoms with Crippen LogP contribution in [0.15, 0.2) is 17.5 Å². The third-order valence-corrected chi connectivity index (χ3v) is 3.09. The zero-order chi connectivity index (χ0) is 11.5. The first-order valence-electron chi connectivity index (χ1n) is 4.75. The first-order chi connectivity index (χ1) is 7.04. The highest BCUT2D eigenvalue weighted by molar-refractivity contribution is 7.10. The number of rotatable bonds is 4. The third-order valence-electron chi connectivity index (χ3n) is 2.15. The van der Waals surface area contributed by atoms with E-state index in [9.17, 15) is 13.6 Å². The molecule has 0 saturated carbocycles. The van der Waals surface area contributed by atoms with Gasteiger partial charge >= 0.3 is 5.92 Å². The molecule has 0 N–H and O–H groups in total. The Balaban J connectivity index is 2.91. The van der Waals surface area contributed by atoms with E-state index in [0.29, 0.717) is 13.1 Å². The summed E-state index contributed by atoms with van der Waals surface area (Å²) in [6, 6.07) is 2.80. The number of likely N-dealkylation sites (N-methyl/N-ethyl adjacent to an activating group) is 1. The number of alkyl halides is 2. The highest BCUT2D eigenvalue weighted by Gasteiger charge is 2.44. The number of carbonyl (C=O) groups excluding carboxylic acids is 1. The Labute approximate surface area is 91.5 Å². The number of hydrogen-bond donors (Lipinski definition) is 0. The van der Waals surface area contributed by atoms with E-state index in [1.54, 1.807) is 19.2 Å². The van der Waals surface area contributed by atoms with E-state index in [0.717, 1.165) is 16.2 Å². The Morgan fingerprint density at radius 2 is 2.07 bits per heavy atom. The Morgan fingerprint density at radius 1 is 1.47 bits per heavy atom. The van der Waals surface area contributed by atoms with Gasteiger partial charge in [0.2, 0.25) is 0 Å². The van der Waals surface area contributed by atoms with E-state index in [4.69, 9.17) is 0 Å². The van der Waals surface area contributed by atoms with Gasteiger partial charge in [-0.2, -0.15) is 8.78 Å². The molecule has 0 aromatic carbocycles. The lowest BCUT2D eigenvalue weighted by molar-refractivity contribution is -0.158. The molecule has 0 bridgehead atoms. The van der Waals surface area contributed by atoms with Gasteiger partial charge in [-0.15, -0.1) is 11.3 Å². The molecule has 2 nitrogen and oxygen atoms in total. The molecule has 0 radical (unpaired) electrons. The maximum Gasteiger partial charge on any atom is 0.358 e. The Kier molecular flexibility index (Phi) is 3.79. The first-order valence-corrected chi connectivity index (χ1v) is 5.63. The van der Waals surface area contributed by atoms with Crippen LogP contribution in [0.1, 0.15) is 18.7 Å². The van der Waals surface area contributed by atoms with E-state index < -0.39 is 11.8 Å². The summed E-state index contributed by atoms with van der Waals surface area (Å²) in [5.41, 5.74) is 0. The maximum absolute atomic E-state index is 13.6. The van der Waals surface area contributed by atoms with Crippen LogP contribution in [0, 0.1) is 0 Å². The second kappa shape index (κ2) is 4.70. The van der Waals surface area contributed by atoms with Crippen LogP contribution in [0.5, 0.6) is 0 Å². The van der Waals surface area contributed by atoms with E-state index in [1.165, 1.54) is 12.1 Å². The molecule has 84 valence electrons. The average Bonchev–Trinajstić information content (AvgIpc) is 2.72. The van der Waals surface area contributed by atoms with Gasteiger partial charge in [-0.1, -0.05) is 6.07 Å². The Morgan fingerprint density at radius 3 is 2.47 bits per heavy atom. The van der Waals surface area contributed by atoms with Crippen molar-refractivity contribution >= 4 is 17.2 Å². The zero-order valence-corrected chi connectivity index (χ0v) is 9.48. The Hall–Kier alpha value is -0.970. The summed E-state index contributed by atoms with van der Waals surface area (Å²) in [7, 11) is 0. The van der Waals surface area contributed by atoms with Crippen molar-refractivity contribution in [3.05, 3.63) is 22.4 Å². The van der Waals surface area contributed by atoms with Crippen molar-refractivity contribution in [2.75, 3.05) is 13.1 Å². The smallest absolute Gasteiger partial charge is 0.338 e. The predicted octanol–water partition coefficient (Wildman–Crippen LogP) is 2.71. The summed E-state index contributed by atoms with van der Waals surface area (Å²) in [4.78, 5) is 12.5. The highest BCUT2D eigenvalue weighted by Crippen LogP contribution is 2.33. The van der Waals surface area contributed by atoms with Crippen LogP contribution in [-0.2, 0) is 10.7 Å². The van der Waals surface area contributed by atoms with Crippen molar-refractivity contribution in [1.82, 2.24) is 4.90 Å². The summed E-state index contributed by atoms with van der Waals surface area (Å²) in [6.07, 6.45) is 0. The monoisotopic (exact) mass is 233 g/mol. The molecule has 0 saturated heterocycles. The lowest BCUT2D eigenvalue weighted by Gasteiger charge is -2.23. The predicted molar refractivity (Wildman–Crippen MR) is 56.1 cm³/mol. The molecular weight excluding hydrogens is 220 g/mol. The molecule has 1 aromatic rings. The molecular formula is C10H13F2NOS. The van der Waals surface area contributed by atoms with Crippen LogP contribution >= 0.6 is 11.3 Å². The van der Waals surface area contributed by atoms with Crippen molar-refractivity contribution in [3.8, 4) is 0 Å². The minimum absolute atomic E-state index is 0.195. The maximum atomic E-state index is 13.6. The van der Waals surface area contributed by atoms with Crippen LogP contribution in [0.25, 0.3) is 0 Å². The summed E-state index contributed by atoms with van der Waals surface area (Å²) >= 11 is 0.899. The molecule has 0 aliphatic heterocycles. The van der Waals surface area contributed by atoms with Gasteiger partial charge in [0.25, 0.3) is 5.91 Å². The molecule has 15 heavy (non-hydrogen) atoms. The molecule has 0 fully saturated rings. The van der Waals surface area contributed by atoms with Crippen LogP contribution in [0.3, 0.4) is 0 Å². The van der Waals surface area contributed by atoms with Gasteiger partial charge in [0.05, 0.1) is 4.88 Å². The summed E-state index contributed by atoms with van der Waals surface area (Å²) in [5.74, 6) is -4.50. The van der Waals surface area contributed by atoms with Gasteiger partial charge < -0.3 is 4.90 Å². The fourth-order valence-electron chi connectivity index (χ4n) is 1.27. The molecule has 1 rings (SSSR count). The molecule has 1 aromatic heterocycles. The number of hydrogen-bond acceptors (Lipinski definition) is 2. The van der Waals surface area contributed by atoms with Crippen LogP contribution in [0.2, 0.25) is 0 Å². The summed E-state index contributed by atoms with van der Waals surface area (Å²) < 4.78 is 27.3. The SMILES string of the molecule is CCN(CC)C(=O)C(F)(F)c1cccs1. The molecule has 5 heteroatoms. The van der Waals surface area contributed by atoms with Crippen molar-refractivity contribution < 1.29 is 13.6 Å². The van der Waals surface area contributed by atoms with Crippen LogP contribution < -0.4 is 0 Å². The van der Waals surface area contributed by atoms with Gasteiger partial charge in [-0.05, 0) is 25.3 Å². The minimum Gasteiger partial charge on any atom is -0.338 e. The topological polar surface area (TPSA) is 20.3 Å². The highest BCUT2D eigenvalue weighted by atomic mass is 32.1. The molecule has 0 aliphatic rings. The minimum atomic E-state index is -3.39. The van der Waals surface area contributed by atoms with E-state index in [2.05, 4.69) is 0 Å². The normalized spacial score (nSPS) is 11.5. The molecule has 0 atom stereocenters. The number of thiophene rings is 1. The standard InChI is InChI=1S/C10H13F2NOS/c1-3-13(4-2)9(14)10(11,12)8-6-5-7-15-8/h5-7H,3-4H2,1-2H3. The van der Waals surface area contributed by atoms with Crippen molar-refractivity contribution in [2.24, 2.45) is 0 Å². The largest absolute Gasteiger partial charge is 0.358 e. The number of amides is 1. The van der Waals surface area contributed by atoms with Gasteiger partial charge in [0.1, 0.15) is 0 Å². The lowest BCUT2D eigenvalue weighted by atomic mass is 10.2. The number of carbonyl (C=O) groups is 1. The lowest BCUT2D eigenvalue weighted by Crippen LogP contribution is -2.41. The zero-order valence-electron chi connectivity index (χ0n) is 8.67. The average molecular weight is 233 g/mol. The van der Waals surface area contributed by atoms with Gasteiger partial charge in [0, 0.05) is 13.1 Å². The van der Waals surface area contributed by atoms with Gasteiger partial charge in [0.15, 0.2) is 0 Å². The van der Waals surface area contributed by atoms with Crippen molar-refractivity contribution in [3.63, 3.8) is 0 Å². The van der Waals surface area contributed by atoms with Crippen molar-refractivity contribution in [2.45, 2.75) is 19.8 Å². The van der Waals surface area contributed by atoms with E-state index >= 15 is 0 Å². The fourth-order valence-corrected chi connectivity index (χ4v) is 1.97. The molecule has 0 aliphatic carbocycles. The second-order valence-electron chi connectivity index (χ2n) is 3.03. The van der Waals surface area contributed by atoms with Crippen molar-refractivity contribution in [1.29, 1.82) is 0 Å². The van der Waals surface area contributed by atoms with E-state index in [-0.39, 0.29) is 4.88 Å². The molecule has 0 unspecified atom stereocenters.